The van der Waals surface area contributed by atoms with Crippen LogP contribution < -0.4 is 15.4 Å². The Morgan fingerprint density at radius 1 is 1.37 bits per heavy atom. The average molecular weight is 262 g/mol. The van der Waals surface area contributed by atoms with Gasteiger partial charge in [-0.1, -0.05) is 13.0 Å². The van der Waals surface area contributed by atoms with Gasteiger partial charge in [-0.05, 0) is 37.5 Å². The van der Waals surface area contributed by atoms with Gasteiger partial charge in [0.25, 0.3) is 5.91 Å². The Kier molecular flexibility index (Phi) is 5.21. The van der Waals surface area contributed by atoms with Gasteiger partial charge in [0.2, 0.25) is 0 Å². The average Bonchev–Trinajstić information content (AvgIpc) is 3.25. The molecule has 104 valence electrons. The van der Waals surface area contributed by atoms with Crippen molar-refractivity contribution in [2.75, 3.05) is 19.7 Å². The van der Waals surface area contributed by atoms with Crippen molar-refractivity contribution >= 4 is 5.91 Å². The summed E-state index contributed by atoms with van der Waals surface area (Å²) in [5.41, 5.74) is 0.653. The van der Waals surface area contributed by atoms with E-state index in [2.05, 4.69) is 17.6 Å². The molecule has 0 bridgehead atoms. The fourth-order valence-electron chi connectivity index (χ4n) is 1.79. The van der Waals surface area contributed by atoms with E-state index in [1.807, 2.05) is 18.2 Å². The highest BCUT2D eigenvalue weighted by Crippen LogP contribution is 2.17. The van der Waals surface area contributed by atoms with Crippen LogP contribution in [0.5, 0.6) is 5.75 Å². The van der Waals surface area contributed by atoms with Crippen LogP contribution in [0, 0.1) is 0 Å². The summed E-state index contributed by atoms with van der Waals surface area (Å²) in [5, 5.41) is 6.27. The van der Waals surface area contributed by atoms with E-state index in [0.717, 1.165) is 18.7 Å². The van der Waals surface area contributed by atoms with E-state index in [0.29, 0.717) is 24.8 Å². The summed E-state index contributed by atoms with van der Waals surface area (Å²) < 4.78 is 5.52. The molecular formula is C15H22N2O2. The Hall–Kier alpha value is -1.55. The SMILES string of the molecule is CCCOc1cccc(C(=O)NCCNC2CC2)c1. The van der Waals surface area contributed by atoms with E-state index in [1.54, 1.807) is 6.07 Å². The zero-order valence-corrected chi connectivity index (χ0v) is 11.4. The summed E-state index contributed by atoms with van der Waals surface area (Å²) >= 11 is 0. The van der Waals surface area contributed by atoms with Crippen molar-refractivity contribution in [2.24, 2.45) is 0 Å². The molecule has 1 aromatic carbocycles. The van der Waals surface area contributed by atoms with Crippen LogP contribution in [0.1, 0.15) is 36.5 Å². The number of nitrogens with one attached hydrogen (secondary N) is 2. The quantitative estimate of drug-likeness (QED) is 0.704. The van der Waals surface area contributed by atoms with Crippen LogP contribution >= 0.6 is 0 Å². The van der Waals surface area contributed by atoms with E-state index >= 15 is 0 Å². The summed E-state index contributed by atoms with van der Waals surface area (Å²) in [6.07, 6.45) is 3.50. The van der Waals surface area contributed by atoms with Crippen LogP contribution in [0.2, 0.25) is 0 Å². The number of hydrogen-bond acceptors (Lipinski definition) is 3. The number of benzene rings is 1. The summed E-state index contributed by atoms with van der Waals surface area (Å²) in [6.45, 7) is 4.23. The highest BCUT2D eigenvalue weighted by Gasteiger charge is 2.19. The maximum Gasteiger partial charge on any atom is 0.251 e. The lowest BCUT2D eigenvalue weighted by Crippen LogP contribution is -2.32. The van der Waals surface area contributed by atoms with Gasteiger partial charge in [0.15, 0.2) is 0 Å². The Morgan fingerprint density at radius 3 is 2.95 bits per heavy atom. The van der Waals surface area contributed by atoms with Gasteiger partial charge in [-0.2, -0.15) is 0 Å². The van der Waals surface area contributed by atoms with Gasteiger partial charge >= 0.3 is 0 Å². The largest absolute Gasteiger partial charge is 0.494 e. The fourth-order valence-corrected chi connectivity index (χ4v) is 1.79. The first-order valence-electron chi connectivity index (χ1n) is 7.04. The molecular weight excluding hydrogens is 240 g/mol. The van der Waals surface area contributed by atoms with Crippen LogP contribution in [0.25, 0.3) is 0 Å². The summed E-state index contributed by atoms with van der Waals surface area (Å²) in [6, 6.07) is 8.01. The molecule has 0 aromatic heterocycles. The van der Waals surface area contributed by atoms with Gasteiger partial charge < -0.3 is 15.4 Å². The van der Waals surface area contributed by atoms with Crippen molar-refractivity contribution in [3.8, 4) is 5.75 Å². The lowest BCUT2D eigenvalue weighted by atomic mass is 10.2. The maximum absolute atomic E-state index is 11.9. The number of ether oxygens (including phenoxy) is 1. The molecule has 4 heteroatoms. The minimum absolute atomic E-state index is 0.0421. The zero-order valence-electron chi connectivity index (χ0n) is 11.4. The molecule has 0 atom stereocenters. The van der Waals surface area contributed by atoms with Crippen LogP contribution in [-0.2, 0) is 0 Å². The minimum atomic E-state index is -0.0421. The van der Waals surface area contributed by atoms with E-state index in [1.165, 1.54) is 12.8 Å². The molecule has 1 amide bonds. The minimum Gasteiger partial charge on any atom is -0.494 e. The van der Waals surface area contributed by atoms with Gasteiger partial charge in [-0.3, -0.25) is 4.79 Å². The first-order valence-corrected chi connectivity index (χ1v) is 7.04. The number of amides is 1. The molecule has 0 aliphatic heterocycles. The number of carbonyl (C=O) groups is 1. The molecule has 4 nitrogen and oxygen atoms in total. The van der Waals surface area contributed by atoms with Crippen LogP contribution in [0.4, 0.5) is 0 Å². The Bertz CT molecular complexity index is 416. The molecule has 0 saturated heterocycles. The summed E-state index contributed by atoms with van der Waals surface area (Å²) in [5.74, 6) is 0.713. The van der Waals surface area contributed by atoms with Gasteiger partial charge in [0.05, 0.1) is 6.61 Å². The van der Waals surface area contributed by atoms with Gasteiger partial charge in [0, 0.05) is 24.7 Å². The third-order valence-electron chi connectivity index (χ3n) is 2.99. The Balaban J connectivity index is 1.76. The molecule has 1 aromatic rings. The Labute approximate surface area is 114 Å². The monoisotopic (exact) mass is 262 g/mol. The molecule has 1 aliphatic rings. The first kappa shape index (κ1) is 13.9. The van der Waals surface area contributed by atoms with E-state index in [4.69, 9.17) is 4.74 Å². The van der Waals surface area contributed by atoms with Crippen LogP contribution in [0.15, 0.2) is 24.3 Å². The molecule has 19 heavy (non-hydrogen) atoms. The Morgan fingerprint density at radius 2 is 2.21 bits per heavy atom. The van der Waals surface area contributed by atoms with Crippen LogP contribution in [-0.4, -0.2) is 31.6 Å². The fraction of sp³-hybridized carbons (Fsp3) is 0.533. The van der Waals surface area contributed by atoms with E-state index < -0.39 is 0 Å². The molecule has 0 spiro atoms. The molecule has 2 rings (SSSR count). The smallest absolute Gasteiger partial charge is 0.251 e. The maximum atomic E-state index is 11.9. The lowest BCUT2D eigenvalue weighted by Gasteiger charge is -2.08. The topological polar surface area (TPSA) is 50.4 Å². The highest BCUT2D eigenvalue weighted by molar-refractivity contribution is 5.94. The van der Waals surface area contributed by atoms with Crippen molar-refractivity contribution in [1.29, 1.82) is 0 Å². The van der Waals surface area contributed by atoms with Crippen molar-refractivity contribution in [3.63, 3.8) is 0 Å². The van der Waals surface area contributed by atoms with Crippen LogP contribution in [0.3, 0.4) is 0 Å². The second kappa shape index (κ2) is 7.14. The van der Waals surface area contributed by atoms with Gasteiger partial charge in [-0.25, -0.2) is 0 Å². The first-order chi connectivity index (χ1) is 9.29. The lowest BCUT2D eigenvalue weighted by molar-refractivity contribution is 0.0953. The molecule has 0 radical (unpaired) electrons. The predicted molar refractivity (Wildman–Crippen MR) is 75.6 cm³/mol. The van der Waals surface area contributed by atoms with Crippen molar-refractivity contribution in [1.82, 2.24) is 10.6 Å². The van der Waals surface area contributed by atoms with Gasteiger partial charge in [-0.15, -0.1) is 0 Å². The molecule has 0 unspecified atom stereocenters. The molecule has 1 aliphatic carbocycles. The standard InChI is InChI=1S/C15H22N2O2/c1-2-10-19-14-5-3-4-12(11-14)15(18)17-9-8-16-13-6-7-13/h3-5,11,13,16H,2,6-10H2,1H3,(H,17,18). The van der Waals surface area contributed by atoms with Gasteiger partial charge in [0.1, 0.15) is 5.75 Å². The normalized spacial score (nSPS) is 14.2. The summed E-state index contributed by atoms with van der Waals surface area (Å²) in [7, 11) is 0. The molecule has 1 saturated carbocycles. The highest BCUT2D eigenvalue weighted by atomic mass is 16.5. The second-order valence-electron chi connectivity index (χ2n) is 4.86. The summed E-state index contributed by atoms with van der Waals surface area (Å²) in [4.78, 5) is 11.9. The van der Waals surface area contributed by atoms with Crippen molar-refractivity contribution < 1.29 is 9.53 Å². The molecule has 0 heterocycles. The second-order valence-corrected chi connectivity index (χ2v) is 4.86. The third kappa shape index (κ3) is 4.91. The molecule has 2 N–H and O–H groups in total. The number of carbonyl (C=O) groups excluding carboxylic acids is 1. The van der Waals surface area contributed by atoms with Crippen molar-refractivity contribution in [3.05, 3.63) is 29.8 Å². The van der Waals surface area contributed by atoms with E-state index in [9.17, 15) is 4.79 Å². The number of rotatable bonds is 8. The van der Waals surface area contributed by atoms with Crippen molar-refractivity contribution in [2.45, 2.75) is 32.2 Å². The number of hydrogen-bond donors (Lipinski definition) is 2. The molecule has 1 fully saturated rings. The van der Waals surface area contributed by atoms with E-state index in [-0.39, 0.29) is 5.91 Å². The zero-order chi connectivity index (χ0) is 13.5. The third-order valence-corrected chi connectivity index (χ3v) is 2.99. The predicted octanol–water partition coefficient (Wildman–Crippen LogP) is 1.96.